The summed E-state index contributed by atoms with van der Waals surface area (Å²) in [5.74, 6) is 1.88. The van der Waals surface area contributed by atoms with Crippen LogP contribution < -0.4 is 10.6 Å². The maximum absolute atomic E-state index is 5.38. The van der Waals surface area contributed by atoms with Gasteiger partial charge < -0.3 is 15.1 Å². The zero-order valence-electron chi connectivity index (χ0n) is 15.8. The molecule has 1 aliphatic heterocycles. The molecule has 3 rings (SSSR count). The zero-order chi connectivity index (χ0) is 18.2. The highest BCUT2D eigenvalue weighted by molar-refractivity contribution is 5.80. The molecule has 2 unspecified atom stereocenters. The van der Waals surface area contributed by atoms with Crippen molar-refractivity contribution in [2.45, 2.75) is 45.3 Å². The normalized spacial score (nSPS) is 21.1. The van der Waals surface area contributed by atoms with Crippen LogP contribution in [0.2, 0.25) is 0 Å². The van der Waals surface area contributed by atoms with Gasteiger partial charge in [0.25, 0.3) is 0 Å². The average molecular weight is 354 g/mol. The number of nitrogens with zero attached hydrogens (tertiary/aromatic N) is 2. The number of guanidine groups is 1. The number of hydrogen-bond acceptors (Lipinski definition) is 3. The van der Waals surface area contributed by atoms with Crippen LogP contribution in [-0.4, -0.2) is 42.6 Å². The van der Waals surface area contributed by atoms with Crippen molar-refractivity contribution in [2.24, 2.45) is 4.99 Å². The molecule has 0 saturated carbocycles. The van der Waals surface area contributed by atoms with Crippen molar-refractivity contribution >= 4 is 5.96 Å². The second-order valence-electron chi connectivity index (χ2n) is 6.93. The van der Waals surface area contributed by atoms with Crippen molar-refractivity contribution in [1.82, 2.24) is 15.5 Å². The van der Waals surface area contributed by atoms with Gasteiger partial charge in [-0.3, -0.25) is 9.89 Å². The van der Waals surface area contributed by atoms with Crippen molar-refractivity contribution < 1.29 is 4.42 Å². The van der Waals surface area contributed by atoms with Crippen LogP contribution in [0.5, 0.6) is 0 Å². The molecule has 1 fully saturated rings. The molecule has 5 nitrogen and oxygen atoms in total. The molecule has 2 aromatic rings. The first-order chi connectivity index (χ1) is 12.7. The van der Waals surface area contributed by atoms with E-state index in [0.29, 0.717) is 12.1 Å². The highest BCUT2D eigenvalue weighted by Crippen LogP contribution is 2.20. The van der Waals surface area contributed by atoms with E-state index < -0.39 is 0 Å². The summed E-state index contributed by atoms with van der Waals surface area (Å²) >= 11 is 0. The maximum atomic E-state index is 5.38. The van der Waals surface area contributed by atoms with Crippen LogP contribution >= 0.6 is 0 Å². The summed E-state index contributed by atoms with van der Waals surface area (Å²) in [7, 11) is 0. The van der Waals surface area contributed by atoms with Crippen LogP contribution in [0.15, 0.2) is 58.1 Å². The molecule has 1 saturated heterocycles. The Hall–Kier alpha value is -2.27. The third-order valence-corrected chi connectivity index (χ3v) is 4.83. The number of aliphatic imine (C=N–C) groups is 1. The van der Waals surface area contributed by atoms with Crippen molar-refractivity contribution in [1.29, 1.82) is 0 Å². The molecular weight excluding hydrogens is 324 g/mol. The lowest BCUT2D eigenvalue weighted by molar-refractivity contribution is 0.258. The smallest absolute Gasteiger partial charge is 0.191 e. The largest absolute Gasteiger partial charge is 0.469 e. The van der Waals surface area contributed by atoms with Gasteiger partial charge in [0.1, 0.15) is 5.76 Å². The molecule has 2 heterocycles. The summed E-state index contributed by atoms with van der Waals surface area (Å²) in [5, 5.41) is 6.97. The van der Waals surface area contributed by atoms with Gasteiger partial charge in [-0.2, -0.15) is 0 Å². The van der Waals surface area contributed by atoms with Gasteiger partial charge in [0.2, 0.25) is 0 Å². The van der Waals surface area contributed by atoms with E-state index in [1.165, 1.54) is 5.56 Å². The fraction of sp³-hybridized carbons (Fsp3) is 0.476. The Balaban J connectivity index is 1.52. The van der Waals surface area contributed by atoms with E-state index in [4.69, 9.17) is 9.41 Å². The SMILES string of the molecule is CCNC(=NCCc1ccco1)NC1CC(C)N(Cc2ccccc2)C1. The number of likely N-dealkylation sites (tertiary alicyclic amines) is 1. The van der Waals surface area contributed by atoms with Crippen molar-refractivity contribution in [3.8, 4) is 0 Å². The van der Waals surface area contributed by atoms with E-state index in [2.05, 4.69) is 59.7 Å². The molecule has 2 N–H and O–H groups in total. The number of furan rings is 1. The predicted octanol–water partition coefficient (Wildman–Crippen LogP) is 3.04. The summed E-state index contributed by atoms with van der Waals surface area (Å²) in [6.07, 6.45) is 3.67. The van der Waals surface area contributed by atoms with E-state index in [0.717, 1.165) is 50.7 Å². The fourth-order valence-corrected chi connectivity index (χ4v) is 3.49. The zero-order valence-corrected chi connectivity index (χ0v) is 15.8. The topological polar surface area (TPSA) is 52.8 Å². The van der Waals surface area contributed by atoms with Crippen LogP contribution in [-0.2, 0) is 13.0 Å². The van der Waals surface area contributed by atoms with E-state index in [-0.39, 0.29) is 0 Å². The molecule has 5 heteroatoms. The summed E-state index contributed by atoms with van der Waals surface area (Å²) < 4.78 is 5.38. The van der Waals surface area contributed by atoms with Gasteiger partial charge in [0.05, 0.1) is 6.26 Å². The minimum absolute atomic E-state index is 0.426. The molecule has 1 aliphatic rings. The highest BCUT2D eigenvalue weighted by Gasteiger charge is 2.29. The first-order valence-electron chi connectivity index (χ1n) is 9.59. The second-order valence-corrected chi connectivity index (χ2v) is 6.93. The van der Waals surface area contributed by atoms with Crippen molar-refractivity contribution in [3.63, 3.8) is 0 Å². The molecule has 0 amide bonds. The average Bonchev–Trinajstić information content (AvgIpc) is 3.26. The van der Waals surface area contributed by atoms with Gasteiger partial charge in [-0.1, -0.05) is 30.3 Å². The quantitative estimate of drug-likeness (QED) is 0.593. The Morgan fingerprint density at radius 2 is 2.08 bits per heavy atom. The predicted molar refractivity (Wildman–Crippen MR) is 106 cm³/mol. The standard InChI is InChI=1S/C21H30N4O/c1-3-22-21(23-12-11-20-10-7-13-26-20)24-19-14-17(2)25(16-19)15-18-8-5-4-6-9-18/h4-10,13,17,19H,3,11-12,14-16H2,1-2H3,(H2,22,23,24). The maximum Gasteiger partial charge on any atom is 0.191 e. The molecule has 0 radical (unpaired) electrons. The second kappa shape index (κ2) is 9.43. The fourth-order valence-electron chi connectivity index (χ4n) is 3.49. The van der Waals surface area contributed by atoms with E-state index in [9.17, 15) is 0 Å². The molecule has 26 heavy (non-hydrogen) atoms. The Kier molecular flexibility index (Phi) is 6.72. The lowest BCUT2D eigenvalue weighted by Gasteiger charge is -2.21. The summed E-state index contributed by atoms with van der Waals surface area (Å²) in [5.41, 5.74) is 1.37. The molecular formula is C21H30N4O. The van der Waals surface area contributed by atoms with Gasteiger partial charge in [0.15, 0.2) is 5.96 Å². The van der Waals surface area contributed by atoms with E-state index >= 15 is 0 Å². The van der Waals surface area contributed by atoms with Crippen LogP contribution in [0.25, 0.3) is 0 Å². The molecule has 140 valence electrons. The Morgan fingerprint density at radius 3 is 2.81 bits per heavy atom. The van der Waals surface area contributed by atoms with Crippen LogP contribution in [0.4, 0.5) is 0 Å². The van der Waals surface area contributed by atoms with Gasteiger partial charge in [0, 0.05) is 44.7 Å². The monoisotopic (exact) mass is 354 g/mol. The summed E-state index contributed by atoms with van der Waals surface area (Å²) in [6.45, 7) is 8.04. The van der Waals surface area contributed by atoms with Crippen LogP contribution in [0, 0.1) is 0 Å². The first-order valence-corrected chi connectivity index (χ1v) is 9.59. The van der Waals surface area contributed by atoms with E-state index in [1.807, 2.05) is 12.1 Å². The number of benzene rings is 1. The summed E-state index contributed by atoms with van der Waals surface area (Å²) in [4.78, 5) is 7.24. The molecule has 0 spiro atoms. The first kappa shape index (κ1) is 18.5. The minimum Gasteiger partial charge on any atom is -0.469 e. The van der Waals surface area contributed by atoms with Crippen LogP contribution in [0.1, 0.15) is 31.6 Å². The number of nitrogens with one attached hydrogen (secondary N) is 2. The molecule has 0 bridgehead atoms. The Labute approximate surface area is 156 Å². The summed E-state index contributed by atoms with van der Waals surface area (Å²) in [6, 6.07) is 15.6. The molecule has 1 aromatic heterocycles. The number of rotatable bonds is 7. The Bertz CT molecular complexity index is 669. The van der Waals surface area contributed by atoms with Crippen molar-refractivity contribution in [3.05, 3.63) is 60.1 Å². The lowest BCUT2D eigenvalue weighted by atomic mass is 10.2. The molecule has 0 aliphatic carbocycles. The van der Waals surface area contributed by atoms with Gasteiger partial charge in [-0.05, 0) is 38.0 Å². The van der Waals surface area contributed by atoms with Gasteiger partial charge in [-0.15, -0.1) is 0 Å². The third-order valence-electron chi connectivity index (χ3n) is 4.83. The van der Waals surface area contributed by atoms with Crippen LogP contribution in [0.3, 0.4) is 0 Å². The number of hydrogen-bond donors (Lipinski definition) is 2. The molecule has 2 atom stereocenters. The van der Waals surface area contributed by atoms with Crippen molar-refractivity contribution in [2.75, 3.05) is 19.6 Å². The van der Waals surface area contributed by atoms with E-state index in [1.54, 1.807) is 6.26 Å². The third kappa shape index (κ3) is 5.36. The van der Waals surface area contributed by atoms with Gasteiger partial charge >= 0.3 is 0 Å². The lowest BCUT2D eigenvalue weighted by Crippen LogP contribution is -2.44. The highest BCUT2D eigenvalue weighted by atomic mass is 16.3. The Morgan fingerprint density at radius 1 is 1.23 bits per heavy atom. The molecule has 1 aromatic carbocycles. The minimum atomic E-state index is 0.426. The van der Waals surface area contributed by atoms with Gasteiger partial charge in [-0.25, -0.2) is 0 Å².